The molecule has 53 heavy (non-hydrogen) atoms. The maximum atomic E-state index is 2.51. The van der Waals surface area contributed by atoms with Crippen LogP contribution in [0.25, 0.3) is 103 Å². The van der Waals surface area contributed by atoms with Gasteiger partial charge in [0, 0.05) is 42.0 Å². The SMILES string of the molecule is CC1(C)c2ccccc2-c2c1ccc1c2c2ccccc2n1-c1cc(-c2ccccc2)cc(-c2cc3sc4cccc5c6ccccc6c(c2)c3c45)c1. The van der Waals surface area contributed by atoms with E-state index in [9.17, 15) is 0 Å². The van der Waals surface area contributed by atoms with Gasteiger partial charge in [-0.3, -0.25) is 0 Å². The number of hydrogen-bond donors (Lipinski definition) is 0. The van der Waals surface area contributed by atoms with Crippen molar-refractivity contribution < 1.29 is 0 Å². The molecule has 11 aromatic rings. The molecule has 0 spiro atoms. The van der Waals surface area contributed by atoms with Crippen LogP contribution in [0.15, 0.2) is 164 Å². The minimum atomic E-state index is -0.0609. The van der Waals surface area contributed by atoms with Gasteiger partial charge >= 0.3 is 0 Å². The molecule has 0 fully saturated rings. The molecule has 248 valence electrons. The van der Waals surface area contributed by atoms with E-state index in [1.807, 2.05) is 11.3 Å². The van der Waals surface area contributed by atoms with Crippen molar-refractivity contribution in [3.05, 3.63) is 175 Å². The van der Waals surface area contributed by atoms with Crippen LogP contribution in [0.3, 0.4) is 0 Å². The zero-order valence-electron chi connectivity index (χ0n) is 29.4. The molecule has 2 heterocycles. The summed E-state index contributed by atoms with van der Waals surface area (Å²) in [5.74, 6) is 0. The lowest BCUT2D eigenvalue weighted by molar-refractivity contribution is 0.661. The number of benzene rings is 9. The van der Waals surface area contributed by atoms with Crippen molar-refractivity contribution in [2.24, 2.45) is 0 Å². The second kappa shape index (κ2) is 10.4. The van der Waals surface area contributed by atoms with E-state index >= 15 is 0 Å². The Labute approximate surface area is 311 Å². The van der Waals surface area contributed by atoms with Crippen molar-refractivity contribution in [2.75, 3.05) is 0 Å². The Morgan fingerprint density at radius 2 is 1.08 bits per heavy atom. The van der Waals surface area contributed by atoms with Gasteiger partial charge in [0.2, 0.25) is 0 Å². The molecule has 1 aliphatic carbocycles. The average Bonchev–Trinajstić information content (AvgIpc) is 3.83. The molecule has 0 amide bonds. The summed E-state index contributed by atoms with van der Waals surface area (Å²) in [4.78, 5) is 0. The van der Waals surface area contributed by atoms with Crippen LogP contribution >= 0.6 is 11.3 Å². The van der Waals surface area contributed by atoms with Gasteiger partial charge in [-0.2, -0.15) is 0 Å². The molecule has 2 aromatic heterocycles. The minimum absolute atomic E-state index is 0.0609. The van der Waals surface area contributed by atoms with Crippen LogP contribution in [-0.2, 0) is 5.41 Å². The minimum Gasteiger partial charge on any atom is -0.309 e. The Morgan fingerprint density at radius 3 is 1.92 bits per heavy atom. The molecule has 0 bridgehead atoms. The van der Waals surface area contributed by atoms with Gasteiger partial charge in [0.15, 0.2) is 0 Å². The van der Waals surface area contributed by atoms with Gasteiger partial charge in [-0.1, -0.05) is 129 Å². The molecule has 1 aliphatic rings. The largest absolute Gasteiger partial charge is 0.309 e. The van der Waals surface area contributed by atoms with Gasteiger partial charge in [-0.25, -0.2) is 0 Å². The summed E-state index contributed by atoms with van der Waals surface area (Å²) in [5.41, 5.74) is 14.0. The first-order chi connectivity index (χ1) is 26.0. The van der Waals surface area contributed by atoms with E-state index in [1.54, 1.807) is 0 Å². The van der Waals surface area contributed by atoms with Crippen LogP contribution in [0.4, 0.5) is 0 Å². The molecule has 0 unspecified atom stereocenters. The van der Waals surface area contributed by atoms with E-state index in [4.69, 9.17) is 0 Å². The van der Waals surface area contributed by atoms with Gasteiger partial charge in [-0.15, -0.1) is 11.3 Å². The Bertz CT molecular complexity index is 3300. The molecule has 0 saturated heterocycles. The fraction of sp³-hybridized carbons (Fsp3) is 0.0588. The standard InChI is InChI=1S/C51H33NS/c1-51(2)41-20-10-8-17-38(41)47-42(51)23-24-44-48(47)39-18-9-11-21-43(39)52(44)34-26-31(30-13-4-3-5-14-30)25-32(27-34)33-28-40-36-16-7-6-15-35(36)37-19-12-22-45-49(37)50(40)46(29-33)53-45/h3-29H,1-2H3. The lowest BCUT2D eigenvalue weighted by Gasteiger charge is -2.21. The maximum Gasteiger partial charge on any atom is 0.0547 e. The van der Waals surface area contributed by atoms with Crippen LogP contribution in [0.2, 0.25) is 0 Å². The summed E-state index contributed by atoms with van der Waals surface area (Å²) in [7, 11) is 0. The van der Waals surface area contributed by atoms with Crippen LogP contribution in [0.1, 0.15) is 25.0 Å². The highest BCUT2D eigenvalue weighted by Crippen LogP contribution is 2.53. The zero-order valence-corrected chi connectivity index (χ0v) is 30.3. The van der Waals surface area contributed by atoms with Gasteiger partial charge in [0.05, 0.1) is 11.0 Å². The highest BCUT2D eigenvalue weighted by atomic mass is 32.1. The summed E-state index contributed by atoms with van der Waals surface area (Å²) in [6.45, 7) is 4.75. The molecule has 9 aromatic carbocycles. The number of thiophene rings is 1. The Hall–Kier alpha value is -6.22. The number of aromatic nitrogens is 1. The number of para-hydroxylation sites is 1. The van der Waals surface area contributed by atoms with Gasteiger partial charge in [0.1, 0.15) is 0 Å². The first-order valence-corrected chi connectivity index (χ1v) is 19.3. The van der Waals surface area contributed by atoms with Gasteiger partial charge < -0.3 is 4.57 Å². The van der Waals surface area contributed by atoms with E-state index in [-0.39, 0.29) is 5.41 Å². The Morgan fingerprint density at radius 1 is 0.415 bits per heavy atom. The first-order valence-electron chi connectivity index (χ1n) is 18.5. The molecule has 0 N–H and O–H groups in total. The summed E-state index contributed by atoms with van der Waals surface area (Å²) in [6.07, 6.45) is 0. The van der Waals surface area contributed by atoms with Crippen LogP contribution in [0, 0.1) is 0 Å². The highest BCUT2D eigenvalue weighted by Gasteiger charge is 2.37. The molecule has 0 atom stereocenters. The number of fused-ring (bicyclic) bond motifs is 10. The molecule has 0 saturated carbocycles. The lowest BCUT2D eigenvalue weighted by atomic mass is 9.82. The lowest BCUT2D eigenvalue weighted by Crippen LogP contribution is -2.14. The third-order valence-corrected chi connectivity index (χ3v) is 13.2. The van der Waals surface area contributed by atoms with Crippen molar-refractivity contribution >= 4 is 74.9 Å². The van der Waals surface area contributed by atoms with E-state index in [0.717, 1.165) is 0 Å². The Balaban J connectivity index is 1.18. The summed E-state index contributed by atoms with van der Waals surface area (Å²) in [6, 6.07) is 61.5. The summed E-state index contributed by atoms with van der Waals surface area (Å²) in [5, 5.41) is 10.7. The van der Waals surface area contributed by atoms with Crippen LogP contribution in [-0.4, -0.2) is 4.57 Å². The normalized spacial score (nSPS) is 13.6. The number of hydrogen-bond acceptors (Lipinski definition) is 1. The monoisotopic (exact) mass is 691 g/mol. The smallest absolute Gasteiger partial charge is 0.0547 e. The van der Waals surface area contributed by atoms with Gasteiger partial charge in [0.25, 0.3) is 0 Å². The average molecular weight is 692 g/mol. The fourth-order valence-corrected chi connectivity index (χ4v) is 10.9. The molecule has 1 nitrogen and oxygen atoms in total. The van der Waals surface area contributed by atoms with Crippen molar-refractivity contribution in [3.63, 3.8) is 0 Å². The molecule has 0 aliphatic heterocycles. The molecule has 2 heteroatoms. The summed E-state index contributed by atoms with van der Waals surface area (Å²) >= 11 is 1.92. The maximum absolute atomic E-state index is 2.51. The number of rotatable bonds is 3. The predicted octanol–water partition coefficient (Wildman–Crippen LogP) is 14.5. The third kappa shape index (κ3) is 3.91. The summed E-state index contributed by atoms with van der Waals surface area (Å²) < 4.78 is 5.21. The second-order valence-electron chi connectivity index (χ2n) is 15.3. The third-order valence-electron chi connectivity index (χ3n) is 12.1. The quantitative estimate of drug-likeness (QED) is 0.163. The predicted molar refractivity (Wildman–Crippen MR) is 228 cm³/mol. The molecular formula is C51H33NS. The van der Waals surface area contributed by atoms with E-state index in [1.165, 1.54) is 114 Å². The highest BCUT2D eigenvalue weighted by molar-refractivity contribution is 7.26. The Kier molecular flexibility index (Phi) is 5.78. The van der Waals surface area contributed by atoms with E-state index in [2.05, 4.69) is 182 Å². The van der Waals surface area contributed by atoms with Crippen molar-refractivity contribution in [3.8, 4) is 39.1 Å². The van der Waals surface area contributed by atoms with Crippen LogP contribution < -0.4 is 0 Å². The fourth-order valence-electron chi connectivity index (χ4n) is 9.74. The van der Waals surface area contributed by atoms with Crippen molar-refractivity contribution in [1.82, 2.24) is 4.57 Å². The first kappa shape index (κ1) is 29.4. The molecule has 12 rings (SSSR count). The molecule has 0 radical (unpaired) electrons. The van der Waals surface area contributed by atoms with Crippen LogP contribution in [0.5, 0.6) is 0 Å². The van der Waals surface area contributed by atoms with E-state index in [0.29, 0.717) is 0 Å². The second-order valence-corrected chi connectivity index (χ2v) is 16.3. The topological polar surface area (TPSA) is 4.93 Å². The molecular weight excluding hydrogens is 659 g/mol. The van der Waals surface area contributed by atoms with Crippen molar-refractivity contribution in [1.29, 1.82) is 0 Å². The number of nitrogens with zero attached hydrogens (tertiary/aromatic N) is 1. The van der Waals surface area contributed by atoms with Gasteiger partial charge in [-0.05, 0) is 115 Å². The van der Waals surface area contributed by atoms with Crippen molar-refractivity contribution in [2.45, 2.75) is 19.3 Å². The van der Waals surface area contributed by atoms with E-state index < -0.39 is 0 Å². The zero-order chi connectivity index (χ0) is 35.0.